The molecule has 1 N–H and O–H groups in total. The lowest BCUT2D eigenvalue weighted by Gasteiger charge is -2.21. The van der Waals surface area contributed by atoms with Crippen LogP contribution in [-0.2, 0) is 0 Å². The van der Waals surface area contributed by atoms with E-state index >= 15 is 0 Å². The van der Waals surface area contributed by atoms with Gasteiger partial charge in [0.1, 0.15) is 5.75 Å². The van der Waals surface area contributed by atoms with Gasteiger partial charge in [-0.3, -0.25) is 0 Å². The molecule has 20 heavy (non-hydrogen) atoms. The molecule has 0 aromatic heterocycles. The Bertz CT molecular complexity index is 419. The second-order valence-corrected chi connectivity index (χ2v) is 6.09. The van der Waals surface area contributed by atoms with Crippen molar-refractivity contribution < 1.29 is 4.74 Å². The van der Waals surface area contributed by atoms with Gasteiger partial charge < -0.3 is 15.0 Å². The van der Waals surface area contributed by atoms with E-state index in [1.165, 1.54) is 12.1 Å². The predicted molar refractivity (Wildman–Crippen MR) is 85.7 cm³/mol. The van der Waals surface area contributed by atoms with Gasteiger partial charge in [0.2, 0.25) is 0 Å². The summed E-state index contributed by atoms with van der Waals surface area (Å²) >= 11 is 0. The minimum Gasteiger partial charge on any atom is -0.491 e. The molecular weight excluding hydrogens is 248 g/mol. The molecule has 2 unspecified atom stereocenters. The number of hydrogen-bond donors (Lipinski definition) is 1. The summed E-state index contributed by atoms with van der Waals surface area (Å²) in [5.74, 6) is 0.983. The average Bonchev–Trinajstić information content (AvgIpc) is 2.86. The Morgan fingerprint density at radius 1 is 1.35 bits per heavy atom. The quantitative estimate of drug-likeness (QED) is 0.861. The van der Waals surface area contributed by atoms with Gasteiger partial charge in [0.05, 0.1) is 6.10 Å². The first kappa shape index (κ1) is 15.2. The normalized spacial score (nSPS) is 20.4. The molecule has 1 aromatic carbocycles. The van der Waals surface area contributed by atoms with Crippen molar-refractivity contribution in [1.29, 1.82) is 0 Å². The van der Waals surface area contributed by atoms with Gasteiger partial charge in [-0.15, -0.1) is 0 Å². The van der Waals surface area contributed by atoms with Crippen molar-refractivity contribution in [2.75, 3.05) is 18.0 Å². The summed E-state index contributed by atoms with van der Waals surface area (Å²) < 4.78 is 5.91. The Labute approximate surface area is 123 Å². The Morgan fingerprint density at radius 2 is 2.15 bits per heavy atom. The molecule has 1 aliphatic rings. The topological polar surface area (TPSA) is 24.5 Å². The Kier molecular flexibility index (Phi) is 5.30. The lowest BCUT2D eigenvalue weighted by atomic mass is 10.2. The number of nitrogens with one attached hydrogen (secondary N) is 1. The molecule has 1 fully saturated rings. The van der Waals surface area contributed by atoms with E-state index in [4.69, 9.17) is 4.74 Å². The third-order valence-corrected chi connectivity index (χ3v) is 3.85. The van der Waals surface area contributed by atoms with Crippen LogP contribution in [0.2, 0.25) is 0 Å². The van der Waals surface area contributed by atoms with Crippen LogP contribution in [0.15, 0.2) is 24.3 Å². The molecule has 0 saturated carbocycles. The molecule has 2 atom stereocenters. The smallest absolute Gasteiger partial charge is 0.121 e. The van der Waals surface area contributed by atoms with Gasteiger partial charge in [-0.05, 0) is 31.9 Å². The SMILES string of the molecule is CCC(C)Oc1cccc(N2CCC(NC(C)C)C2)c1. The molecule has 112 valence electrons. The van der Waals surface area contributed by atoms with Crippen LogP contribution in [-0.4, -0.2) is 31.3 Å². The van der Waals surface area contributed by atoms with Gasteiger partial charge in [0, 0.05) is 36.9 Å². The zero-order valence-electron chi connectivity index (χ0n) is 13.2. The second kappa shape index (κ2) is 6.98. The molecule has 0 aliphatic carbocycles. The van der Waals surface area contributed by atoms with Crippen molar-refractivity contribution in [2.24, 2.45) is 0 Å². The third kappa shape index (κ3) is 4.14. The van der Waals surface area contributed by atoms with Crippen LogP contribution in [0.4, 0.5) is 5.69 Å². The molecule has 3 nitrogen and oxygen atoms in total. The van der Waals surface area contributed by atoms with Crippen LogP contribution in [0.3, 0.4) is 0 Å². The van der Waals surface area contributed by atoms with Crippen LogP contribution < -0.4 is 15.0 Å². The molecular formula is C17H28N2O. The molecule has 1 saturated heterocycles. The summed E-state index contributed by atoms with van der Waals surface area (Å²) in [7, 11) is 0. The third-order valence-electron chi connectivity index (χ3n) is 3.85. The highest BCUT2D eigenvalue weighted by Crippen LogP contribution is 2.25. The number of nitrogens with zero attached hydrogens (tertiary/aromatic N) is 1. The average molecular weight is 276 g/mol. The highest BCUT2D eigenvalue weighted by atomic mass is 16.5. The van der Waals surface area contributed by atoms with Crippen LogP contribution >= 0.6 is 0 Å². The summed E-state index contributed by atoms with van der Waals surface area (Å²) in [5.41, 5.74) is 1.28. The van der Waals surface area contributed by atoms with E-state index in [-0.39, 0.29) is 6.10 Å². The van der Waals surface area contributed by atoms with Crippen LogP contribution in [0, 0.1) is 0 Å². The first-order valence-corrected chi connectivity index (χ1v) is 7.86. The predicted octanol–water partition coefficient (Wildman–Crippen LogP) is 3.44. The molecule has 2 rings (SSSR count). The van der Waals surface area contributed by atoms with Crippen molar-refractivity contribution in [1.82, 2.24) is 5.32 Å². The summed E-state index contributed by atoms with van der Waals surface area (Å²) in [6.45, 7) is 10.9. The van der Waals surface area contributed by atoms with Crippen LogP contribution in [0.5, 0.6) is 5.75 Å². The van der Waals surface area contributed by atoms with E-state index in [1.807, 2.05) is 0 Å². The number of rotatable bonds is 6. The highest BCUT2D eigenvalue weighted by molar-refractivity contribution is 5.51. The van der Waals surface area contributed by atoms with Crippen molar-refractivity contribution in [3.05, 3.63) is 24.3 Å². The maximum atomic E-state index is 5.91. The Hall–Kier alpha value is -1.22. The minimum atomic E-state index is 0.277. The zero-order chi connectivity index (χ0) is 14.5. The van der Waals surface area contributed by atoms with E-state index < -0.39 is 0 Å². The van der Waals surface area contributed by atoms with Crippen LogP contribution in [0.25, 0.3) is 0 Å². The second-order valence-electron chi connectivity index (χ2n) is 6.09. The van der Waals surface area contributed by atoms with E-state index in [0.717, 1.165) is 25.3 Å². The maximum absolute atomic E-state index is 5.91. The molecule has 1 aliphatic heterocycles. The number of ether oxygens (including phenoxy) is 1. The highest BCUT2D eigenvalue weighted by Gasteiger charge is 2.23. The van der Waals surface area contributed by atoms with Gasteiger partial charge in [0.25, 0.3) is 0 Å². The van der Waals surface area contributed by atoms with Gasteiger partial charge in [0.15, 0.2) is 0 Å². The first-order valence-electron chi connectivity index (χ1n) is 7.86. The van der Waals surface area contributed by atoms with E-state index in [1.54, 1.807) is 0 Å². The molecule has 0 bridgehead atoms. The number of hydrogen-bond acceptors (Lipinski definition) is 3. The zero-order valence-corrected chi connectivity index (χ0v) is 13.2. The first-order chi connectivity index (χ1) is 9.58. The van der Waals surface area contributed by atoms with Crippen molar-refractivity contribution in [2.45, 2.75) is 58.7 Å². The minimum absolute atomic E-state index is 0.277. The molecule has 1 aromatic rings. The molecule has 1 heterocycles. The van der Waals surface area contributed by atoms with Crippen molar-refractivity contribution >= 4 is 5.69 Å². The van der Waals surface area contributed by atoms with E-state index in [9.17, 15) is 0 Å². The number of anilines is 1. The standard InChI is InChI=1S/C17H28N2O/c1-5-14(4)20-17-8-6-7-16(11-17)19-10-9-15(12-19)18-13(2)3/h6-8,11,13-15,18H,5,9-10,12H2,1-4H3. The lowest BCUT2D eigenvalue weighted by molar-refractivity contribution is 0.217. The van der Waals surface area contributed by atoms with Gasteiger partial charge in [-0.25, -0.2) is 0 Å². The van der Waals surface area contributed by atoms with E-state index in [2.05, 4.69) is 62.2 Å². The monoisotopic (exact) mass is 276 g/mol. The molecule has 0 spiro atoms. The number of benzene rings is 1. The summed E-state index contributed by atoms with van der Waals surface area (Å²) in [6.07, 6.45) is 2.53. The Balaban J connectivity index is 1.97. The molecule has 0 amide bonds. The fourth-order valence-corrected chi connectivity index (χ4v) is 2.67. The molecule has 0 radical (unpaired) electrons. The maximum Gasteiger partial charge on any atom is 0.121 e. The largest absolute Gasteiger partial charge is 0.491 e. The van der Waals surface area contributed by atoms with Gasteiger partial charge in [-0.2, -0.15) is 0 Å². The fraction of sp³-hybridized carbons (Fsp3) is 0.647. The summed E-state index contributed by atoms with van der Waals surface area (Å²) in [5, 5.41) is 3.62. The summed E-state index contributed by atoms with van der Waals surface area (Å²) in [4.78, 5) is 2.45. The van der Waals surface area contributed by atoms with Gasteiger partial charge in [-0.1, -0.05) is 26.8 Å². The van der Waals surface area contributed by atoms with Gasteiger partial charge >= 0.3 is 0 Å². The van der Waals surface area contributed by atoms with Crippen LogP contribution in [0.1, 0.15) is 40.5 Å². The molecule has 3 heteroatoms. The van der Waals surface area contributed by atoms with Crippen molar-refractivity contribution in [3.8, 4) is 5.75 Å². The van der Waals surface area contributed by atoms with E-state index in [0.29, 0.717) is 12.1 Å². The lowest BCUT2D eigenvalue weighted by Crippen LogP contribution is -2.37. The summed E-state index contributed by atoms with van der Waals surface area (Å²) in [6, 6.07) is 9.66. The Morgan fingerprint density at radius 3 is 2.85 bits per heavy atom. The van der Waals surface area contributed by atoms with Crippen molar-refractivity contribution in [3.63, 3.8) is 0 Å². The fourth-order valence-electron chi connectivity index (χ4n) is 2.67.